The van der Waals surface area contributed by atoms with Gasteiger partial charge in [-0.3, -0.25) is 9.36 Å². The molecule has 1 fully saturated rings. The summed E-state index contributed by atoms with van der Waals surface area (Å²) in [4.78, 5) is 18.8. The molecule has 4 aromatic rings. The summed E-state index contributed by atoms with van der Waals surface area (Å²) in [6.45, 7) is 1.55. The molecule has 1 aliphatic carbocycles. The highest BCUT2D eigenvalue weighted by molar-refractivity contribution is 7.22. The maximum Gasteiger partial charge on any atom is 0.275 e. The van der Waals surface area contributed by atoms with E-state index in [1.54, 1.807) is 18.0 Å². The number of aromatic nitrogens is 2. The minimum absolute atomic E-state index is 0.118. The Morgan fingerprint density at radius 3 is 2.71 bits per heavy atom. The van der Waals surface area contributed by atoms with Gasteiger partial charge in [-0.1, -0.05) is 30.2 Å². The summed E-state index contributed by atoms with van der Waals surface area (Å²) in [7, 11) is 1.60. The molecule has 1 aliphatic rings. The third-order valence-corrected chi connectivity index (χ3v) is 7.52. The van der Waals surface area contributed by atoms with Crippen molar-refractivity contribution in [3.05, 3.63) is 70.2 Å². The lowest BCUT2D eigenvalue weighted by molar-refractivity contribution is 0.275. The number of halogens is 1. The molecule has 0 radical (unpaired) electrons. The zero-order valence-corrected chi connectivity index (χ0v) is 20.5. The van der Waals surface area contributed by atoms with Gasteiger partial charge >= 0.3 is 0 Å². The Kier molecular flexibility index (Phi) is 6.85. The SMILES string of the molecule is COc1cc(-n2cnc3cc(-c4ccc(Cl)cc4)sc3c2=O)ccc1OCCCNC1CCC1. The van der Waals surface area contributed by atoms with Gasteiger partial charge in [0.15, 0.2) is 11.5 Å². The van der Waals surface area contributed by atoms with Gasteiger partial charge in [0.2, 0.25) is 0 Å². The first-order valence-corrected chi connectivity index (χ1v) is 12.6. The minimum Gasteiger partial charge on any atom is -0.493 e. The van der Waals surface area contributed by atoms with Gasteiger partial charge in [-0.15, -0.1) is 11.3 Å². The Hall–Kier alpha value is -2.87. The molecule has 34 heavy (non-hydrogen) atoms. The summed E-state index contributed by atoms with van der Waals surface area (Å²) in [6, 6.07) is 15.7. The van der Waals surface area contributed by atoms with Crippen molar-refractivity contribution in [2.75, 3.05) is 20.3 Å². The van der Waals surface area contributed by atoms with Gasteiger partial charge in [0, 0.05) is 22.0 Å². The van der Waals surface area contributed by atoms with E-state index in [-0.39, 0.29) is 5.56 Å². The highest BCUT2D eigenvalue weighted by Gasteiger charge is 2.16. The van der Waals surface area contributed by atoms with Crippen LogP contribution in [0.2, 0.25) is 5.02 Å². The predicted octanol–water partition coefficient (Wildman–Crippen LogP) is 5.69. The first kappa shape index (κ1) is 22.9. The minimum atomic E-state index is -0.118. The number of methoxy groups -OCH3 is 1. The highest BCUT2D eigenvalue weighted by atomic mass is 35.5. The van der Waals surface area contributed by atoms with Crippen molar-refractivity contribution >= 4 is 33.2 Å². The van der Waals surface area contributed by atoms with E-state index in [1.807, 2.05) is 48.5 Å². The van der Waals surface area contributed by atoms with Crippen molar-refractivity contribution in [3.63, 3.8) is 0 Å². The lowest BCUT2D eigenvalue weighted by Crippen LogP contribution is -2.36. The quantitative estimate of drug-likeness (QED) is 0.302. The first-order valence-electron chi connectivity index (χ1n) is 11.4. The van der Waals surface area contributed by atoms with Crippen LogP contribution in [0.25, 0.3) is 26.3 Å². The van der Waals surface area contributed by atoms with E-state index in [0.29, 0.717) is 45.1 Å². The molecule has 2 heterocycles. The normalized spacial score (nSPS) is 13.7. The van der Waals surface area contributed by atoms with E-state index in [9.17, 15) is 4.79 Å². The van der Waals surface area contributed by atoms with Crippen LogP contribution in [0.4, 0.5) is 0 Å². The second-order valence-electron chi connectivity index (χ2n) is 8.37. The van der Waals surface area contributed by atoms with Crippen LogP contribution < -0.4 is 20.3 Å². The van der Waals surface area contributed by atoms with Crippen molar-refractivity contribution in [1.82, 2.24) is 14.9 Å². The molecule has 0 aliphatic heterocycles. The van der Waals surface area contributed by atoms with Gasteiger partial charge in [0.1, 0.15) is 11.0 Å². The predicted molar refractivity (Wildman–Crippen MR) is 138 cm³/mol. The van der Waals surface area contributed by atoms with Crippen molar-refractivity contribution in [1.29, 1.82) is 0 Å². The molecule has 0 unspecified atom stereocenters. The molecule has 176 valence electrons. The Morgan fingerprint density at radius 2 is 1.97 bits per heavy atom. The van der Waals surface area contributed by atoms with Crippen molar-refractivity contribution in [3.8, 4) is 27.6 Å². The number of hydrogen-bond donors (Lipinski definition) is 1. The van der Waals surface area contributed by atoms with Crippen LogP contribution in [0.15, 0.2) is 59.7 Å². The summed E-state index contributed by atoms with van der Waals surface area (Å²) in [6.07, 6.45) is 6.38. The van der Waals surface area contributed by atoms with Crippen molar-refractivity contribution in [2.24, 2.45) is 0 Å². The molecular formula is C26H26ClN3O3S. The van der Waals surface area contributed by atoms with E-state index >= 15 is 0 Å². The van der Waals surface area contributed by atoms with Gasteiger partial charge in [-0.05, 0) is 61.7 Å². The lowest BCUT2D eigenvalue weighted by Gasteiger charge is -2.26. The molecule has 2 aromatic carbocycles. The van der Waals surface area contributed by atoms with Crippen molar-refractivity contribution < 1.29 is 9.47 Å². The number of nitrogens with zero attached hydrogens (tertiary/aromatic N) is 2. The maximum atomic E-state index is 13.3. The molecule has 1 saturated carbocycles. The fourth-order valence-electron chi connectivity index (χ4n) is 3.95. The number of rotatable bonds is 9. The number of ether oxygens (including phenoxy) is 2. The van der Waals surface area contributed by atoms with Crippen LogP contribution in [0.3, 0.4) is 0 Å². The molecule has 0 atom stereocenters. The van der Waals surface area contributed by atoms with Gasteiger partial charge in [0.05, 0.1) is 24.9 Å². The lowest BCUT2D eigenvalue weighted by atomic mass is 9.93. The van der Waals surface area contributed by atoms with Crippen LogP contribution in [0.1, 0.15) is 25.7 Å². The largest absolute Gasteiger partial charge is 0.493 e. The Labute approximate surface area is 207 Å². The molecule has 0 amide bonds. The number of thiophene rings is 1. The Balaban J connectivity index is 1.34. The highest BCUT2D eigenvalue weighted by Crippen LogP contribution is 2.33. The van der Waals surface area contributed by atoms with Gasteiger partial charge < -0.3 is 14.8 Å². The standard InChI is InChI=1S/C26H26ClN3O3S/c1-32-23-14-20(10-11-22(23)33-13-3-12-28-19-4-2-5-19)30-16-29-21-15-24(34-25(21)26(30)31)17-6-8-18(27)9-7-17/h6-11,14-16,19,28H,2-5,12-13H2,1H3. The maximum absolute atomic E-state index is 13.3. The van der Waals surface area contributed by atoms with E-state index in [0.717, 1.165) is 23.4 Å². The molecule has 0 spiro atoms. The fourth-order valence-corrected chi connectivity index (χ4v) is 5.12. The number of hydrogen-bond acceptors (Lipinski definition) is 6. The molecular weight excluding hydrogens is 470 g/mol. The zero-order chi connectivity index (χ0) is 23.5. The molecule has 0 bridgehead atoms. The van der Waals surface area contributed by atoms with Crippen LogP contribution in [-0.2, 0) is 0 Å². The van der Waals surface area contributed by atoms with E-state index < -0.39 is 0 Å². The van der Waals surface area contributed by atoms with Gasteiger partial charge in [-0.25, -0.2) is 4.98 Å². The number of fused-ring (bicyclic) bond motifs is 1. The average Bonchev–Trinajstić information content (AvgIpc) is 3.26. The summed E-state index contributed by atoms with van der Waals surface area (Å²) < 4.78 is 13.6. The second kappa shape index (κ2) is 10.2. The first-order chi connectivity index (χ1) is 16.6. The van der Waals surface area contributed by atoms with Crippen LogP contribution in [0, 0.1) is 0 Å². The molecule has 6 nitrogen and oxygen atoms in total. The average molecular weight is 496 g/mol. The van der Waals surface area contributed by atoms with E-state index in [4.69, 9.17) is 21.1 Å². The van der Waals surface area contributed by atoms with Crippen LogP contribution in [0.5, 0.6) is 11.5 Å². The fraction of sp³-hybridized carbons (Fsp3) is 0.308. The smallest absolute Gasteiger partial charge is 0.275 e. The van der Waals surface area contributed by atoms with E-state index in [1.165, 1.54) is 30.6 Å². The van der Waals surface area contributed by atoms with Gasteiger partial charge in [0.25, 0.3) is 5.56 Å². The summed E-state index contributed by atoms with van der Waals surface area (Å²) in [5.74, 6) is 1.25. The molecule has 8 heteroatoms. The van der Waals surface area contributed by atoms with Crippen LogP contribution >= 0.6 is 22.9 Å². The third kappa shape index (κ3) is 4.82. The molecule has 0 saturated heterocycles. The summed E-state index contributed by atoms with van der Waals surface area (Å²) in [5, 5.41) is 4.22. The second-order valence-corrected chi connectivity index (χ2v) is 9.86. The topological polar surface area (TPSA) is 65.4 Å². The number of benzene rings is 2. The molecule has 1 N–H and O–H groups in total. The summed E-state index contributed by atoms with van der Waals surface area (Å²) >= 11 is 7.43. The van der Waals surface area contributed by atoms with Crippen LogP contribution in [-0.4, -0.2) is 35.9 Å². The Bertz CT molecular complexity index is 1350. The monoisotopic (exact) mass is 495 g/mol. The third-order valence-electron chi connectivity index (χ3n) is 6.11. The molecule has 2 aromatic heterocycles. The van der Waals surface area contributed by atoms with E-state index in [2.05, 4.69) is 10.3 Å². The van der Waals surface area contributed by atoms with Crippen molar-refractivity contribution in [2.45, 2.75) is 31.7 Å². The Morgan fingerprint density at radius 1 is 1.15 bits per heavy atom. The van der Waals surface area contributed by atoms with Gasteiger partial charge in [-0.2, -0.15) is 0 Å². The summed E-state index contributed by atoms with van der Waals surface area (Å²) in [5.41, 5.74) is 2.24. The molecule has 5 rings (SSSR count). The number of nitrogens with one attached hydrogen (secondary N) is 1. The zero-order valence-electron chi connectivity index (χ0n) is 18.9.